The fourth-order valence-corrected chi connectivity index (χ4v) is 4.92. The van der Waals surface area contributed by atoms with Gasteiger partial charge < -0.3 is 14.4 Å². The summed E-state index contributed by atoms with van der Waals surface area (Å²) in [7, 11) is 0. The SMILES string of the molecule is CCOC(=O)C(C(=O)C1CCN(C(=O)OCc2ccccc2)CC1)C(C(=O)c1ccc(F)cc1)c1ccncc1. The molecule has 3 aromatic rings. The van der Waals surface area contributed by atoms with E-state index < -0.39 is 47.2 Å². The average molecular weight is 547 g/mol. The molecule has 2 atom stereocenters. The summed E-state index contributed by atoms with van der Waals surface area (Å²) in [6.45, 7) is 2.34. The van der Waals surface area contributed by atoms with Crippen molar-refractivity contribution in [2.45, 2.75) is 32.3 Å². The molecule has 1 fully saturated rings. The van der Waals surface area contributed by atoms with E-state index in [-0.39, 0.29) is 31.9 Å². The predicted octanol–water partition coefficient (Wildman–Crippen LogP) is 4.98. The molecule has 1 aliphatic rings. The third kappa shape index (κ3) is 6.97. The molecule has 40 heavy (non-hydrogen) atoms. The molecule has 2 aromatic carbocycles. The van der Waals surface area contributed by atoms with Crippen LogP contribution in [-0.2, 0) is 25.7 Å². The summed E-state index contributed by atoms with van der Waals surface area (Å²) in [5.41, 5.74) is 1.46. The first-order valence-electron chi connectivity index (χ1n) is 13.2. The van der Waals surface area contributed by atoms with Crippen molar-refractivity contribution in [2.24, 2.45) is 11.8 Å². The van der Waals surface area contributed by atoms with Gasteiger partial charge >= 0.3 is 12.1 Å². The molecule has 4 rings (SSSR count). The third-order valence-corrected chi connectivity index (χ3v) is 7.02. The van der Waals surface area contributed by atoms with Crippen LogP contribution >= 0.6 is 0 Å². The quantitative estimate of drug-likeness (QED) is 0.201. The number of hydrogen-bond donors (Lipinski definition) is 0. The van der Waals surface area contributed by atoms with E-state index in [0.29, 0.717) is 18.4 Å². The number of ether oxygens (including phenoxy) is 2. The predicted molar refractivity (Wildman–Crippen MR) is 144 cm³/mol. The summed E-state index contributed by atoms with van der Waals surface area (Å²) in [6.07, 6.45) is 3.10. The lowest BCUT2D eigenvalue weighted by molar-refractivity contribution is -0.153. The zero-order chi connectivity index (χ0) is 28.5. The summed E-state index contributed by atoms with van der Waals surface area (Å²) in [6, 6.07) is 17.5. The molecule has 9 heteroatoms. The zero-order valence-corrected chi connectivity index (χ0v) is 22.2. The minimum absolute atomic E-state index is 0.0299. The maximum Gasteiger partial charge on any atom is 0.410 e. The lowest BCUT2D eigenvalue weighted by Crippen LogP contribution is -2.44. The van der Waals surface area contributed by atoms with Crippen molar-refractivity contribution in [3.8, 4) is 0 Å². The number of aromatic nitrogens is 1. The van der Waals surface area contributed by atoms with E-state index in [2.05, 4.69) is 4.98 Å². The number of hydrogen-bond acceptors (Lipinski definition) is 7. The standard InChI is InChI=1S/C31H31FN2O6/c1-2-39-30(37)27(26(22-12-16-33-17-13-22)28(35)23-8-10-25(32)11-9-23)29(36)24-14-18-34(19-15-24)31(38)40-20-21-6-4-3-5-7-21/h3-13,16-17,24,26-27H,2,14-15,18-20H2,1H3. The second kappa shape index (κ2) is 13.6. The minimum atomic E-state index is -1.42. The Hall–Kier alpha value is -4.40. The Balaban J connectivity index is 1.53. The van der Waals surface area contributed by atoms with Crippen LogP contribution in [0.1, 0.15) is 47.2 Å². The van der Waals surface area contributed by atoms with Crippen LogP contribution < -0.4 is 0 Å². The van der Waals surface area contributed by atoms with E-state index in [1.165, 1.54) is 29.4 Å². The number of benzene rings is 2. The second-order valence-electron chi connectivity index (χ2n) is 9.56. The number of amides is 1. The topological polar surface area (TPSA) is 103 Å². The van der Waals surface area contributed by atoms with Crippen LogP contribution in [-0.4, -0.2) is 53.2 Å². The highest BCUT2D eigenvalue weighted by Crippen LogP contribution is 2.34. The fraction of sp³-hybridized carbons (Fsp3) is 0.323. The molecule has 1 saturated heterocycles. The lowest BCUT2D eigenvalue weighted by atomic mass is 9.74. The van der Waals surface area contributed by atoms with Gasteiger partial charge in [0.15, 0.2) is 11.6 Å². The number of carbonyl (C=O) groups is 4. The van der Waals surface area contributed by atoms with Gasteiger partial charge in [-0.3, -0.25) is 19.4 Å². The molecule has 2 unspecified atom stereocenters. The maximum atomic E-state index is 13.9. The molecule has 0 spiro atoms. The number of piperidine rings is 1. The van der Waals surface area contributed by atoms with E-state index in [0.717, 1.165) is 17.7 Å². The molecule has 0 N–H and O–H groups in total. The smallest absolute Gasteiger partial charge is 0.410 e. The summed E-state index contributed by atoms with van der Waals surface area (Å²) in [4.78, 5) is 59.1. The number of esters is 1. The van der Waals surface area contributed by atoms with Crippen molar-refractivity contribution >= 4 is 23.6 Å². The summed E-state index contributed by atoms with van der Waals surface area (Å²) < 4.78 is 24.3. The van der Waals surface area contributed by atoms with Crippen LogP contribution in [0.3, 0.4) is 0 Å². The van der Waals surface area contributed by atoms with Gasteiger partial charge in [0.2, 0.25) is 0 Å². The van der Waals surface area contributed by atoms with Crippen LogP contribution in [0.25, 0.3) is 0 Å². The van der Waals surface area contributed by atoms with Gasteiger partial charge in [-0.25, -0.2) is 9.18 Å². The van der Waals surface area contributed by atoms with Crippen molar-refractivity contribution < 1.29 is 33.0 Å². The van der Waals surface area contributed by atoms with Gasteiger partial charge in [-0.15, -0.1) is 0 Å². The Morgan fingerprint density at radius 2 is 1.57 bits per heavy atom. The number of carbonyl (C=O) groups excluding carboxylic acids is 4. The van der Waals surface area contributed by atoms with E-state index in [1.807, 2.05) is 30.3 Å². The summed E-state index contributed by atoms with van der Waals surface area (Å²) >= 11 is 0. The van der Waals surface area contributed by atoms with E-state index in [9.17, 15) is 23.6 Å². The Morgan fingerprint density at radius 3 is 2.20 bits per heavy atom. The van der Waals surface area contributed by atoms with Gasteiger partial charge in [0.25, 0.3) is 0 Å². The summed E-state index contributed by atoms with van der Waals surface area (Å²) in [5, 5.41) is 0. The van der Waals surface area contributed by atoms with Crippen molar-refractivity contribution in [3.63, 3.8) is 0 Å². The van der Waals surface area contributed by atoms with Crippen molar-refractivity contribution in [1.82, 2.24) is 9.88 Å². The largest absolute Gasteiger partial charge is 0.465 e. The molecular formula is C31H31FN2O6. The maximum absolute atomic E-state index is 13.9. The fourth-order valence-electron chi connectivity index (χ4n) is 4.92. The van der Waals surface area contributed by atoms with Crippen molar-refractivity contribution in [2.75, 3.05) is 19.7 Å². The van der Waals surface area contributed by atoms with Crippen LogP contribution in [0.4, 0.5) is 9.18 Å². The third-order valence-electron chi connectivity index (χ3n) is 7.02. The molecule has 0 saturated carbocycles. The molecule has 2 heterocycles. The molecule has 208 valence electrons. The van der Waals surface area contributed by atoms with Gasteiger partial charge in [0.1, 0.15) is 18.3 Å². The molecule has 1 aromatic heterocycles. The Kier molecular flexibility index (Phi) is 9.72. The number of rotatable bonds is 10. The molecule has 0 radical (unpaired) electrons. The molecule has 0 bridgehead atoms. The highest BCUT2D eigenvalue weighted by molar-refractivity contribution is 6.10. The minimum Gasteiger partial charge on any atom is -0.465 e. The average Bonchev–Trinajstić information content (AvgIpc) is 2.99. The number of halogens is 1. The van der Waals surface area contributed by atoms with Gasteiger partial charge in [0, 0.05) is 37.0 Å². The van der Waals surface area contributed by atoms with Crippen LogP contribution in [0, 0.1) is 17.7 Å². The van der Waals surface area contributed by atoms with E-state index in [1.54, 1.807) is 19.1 Å². The van der Waals surface area contributed by atoms with E-state index in [4.69, 9.17) is 9.47 Å². The molecule has 8 nitrogen and oxygen atoms in total. The monoisotopic (exact) mass is 546 g/mol. The van der Waals surface area contributed by atoms with Gasteiger partial charge in [0.05, 0.1) is 12.5 Å². The zero-order valence-electron chi connectivity index (χ0n) is 22.2. The second-order valence-corrected chi connectivity index (χ2v) is 9.56. The Bertz CT molecular complexity index is 1310. The highest BCUT2D eigenvalue weighted by Gasteiger charge is 2.44. The first-order chi connectivity index (χ1) is 19.4. The Labute approximate surface area is 232 Å². The van der Waals surface area contributed by atoms with Crippen LogP contribution in [0.15, 0.2) is 79.1 Å². The Morgan fingerprint density at radius 1 is 0.925 bits per heavy atom. The normalized spacial score (nSPS) is 15.1. The number of pyridine rings is 1. The number of nitrogens with zero attached hydrogens (tertiary/aromatic N) is 2. The van der Waals surface area contributed by atoms with E-state index >= 15 is 0 Å². The van der Waals surface area contributed by atoms with Crippen molar-refractivity contribution in [1.29, 1.82) is 0 Å². The molecule has 1 amide bonds. The van der Waals surface area contributed by atoms with Crippen LogP contribution in [0.5, 0.6) is 0 Å². The molecule has 1 aliphatic heterocycles. The van der Waals surface area contributed by atoms with Gasteiger partial charge in [-0.05, 0) is 67.3 Å². The van der Waals surface area contributed by atoms with Crippen LogP contribution in [0.2, 0.25) is 0 Å². The summed E-state index contributed by atoms with van der Waals surface area (Å²) in [5.74, 6) is -5.40. The lowest BCUT2D eigenvalue weighted by Gasteiger charge is -2.33. The van der Waals surface area contributed by atoms with Crippen molar-refractivity contribution in [3.05, 3.63) is 102 Å². The number of ketones is 2. The van der Waals surface area contributed by atoms with Gasteiger partial charge in [-0.2, -0.15) is 0 Å². The molecule has 0 aliphatic carbocycles. The first-order valence-corrected chi connectivity index (χ1v) is 13.2. The van der Waals surface area contributed by atoms with Gasteiger partial charge in [-0.1, -0.05) is 30.3 Å². The first kappa shape index (κ1) is 28.6. The number of Topliss-reactive ketones (excluding diaryl/α,β-unsaturated/α-hetero) is 2. The molecular weight excluding hydrogens is 515 g/mol. The number of likely N-dealkylation sites (tertiary alicyclic amines) is 1. The highest BCUT2D eigenvalue weighted by atomic mass is 19.1.